The zero-order valence-electron chi connectivity index (χ0n) is 2.71. The molecule has 30 valence electrons. The summed E-state index contributed by atoms with van der Waals surface area (Å²) in [5.74, 6) is 0. The van der Waals surface area contributed by atoms with Gasteiger partial charge < -0.3 is 0 Å². The van der Waals surface area contributed by atoms with E-state index in [0.29, 0.717) is 12.1 Å². The maximum absolute atomic E-state index is 9.11. The van der Waals surface area contributed by atoms with Crippen LogP contribution in [0.2, 0.25) is 0 Å². The normalized spacial score (nSPS) is 5.17. The van der Waals surface area contributed by atoms with Crippen molar-refractivity contribution in [3.05, 3.63) is 10.8 Å². The molecule has 0 aliphatic heterocycles. The monoisotopic (exact) mass is 100.0 g/mol. The summed E-state index contributed by atoms with van der Waals surface area (Å²) >= 11 is 0.501. The Morgan fingerprint density at radius 2 is 2.67 bits per heavy atom. The van der Waals surface area contributed by atoms with E-state index in [-0.39, 0.29) is 0 Å². The van der Waals surface area contributed by atoms with E-state index in [4.69, 9.17) is 11.4 Å². The van der Waals surface area contributed by atoms with E-state index < -0.39 is 0 Å². The van der Waals surface area contributed by atoms with Gasteiger partial charge in [-0.25, -0.2) is 15.6 Å². The fraction of sp³-hybridized carbons (Fsp3) is 0. The molecular weight excluding hydrogens is 100 g/mol. The summed E-state index contributed by atoms with van der Waals surface area (Å²) in [5.41, 5.74) is 0. The van der Waals surface area contributed by atoms with Gasteiger partial charge in [-0.1, -0.05) is 4.40 Å². The molecule has 0 unspecified atom stereocenters. The van der Waals surface area contributed by atoms with Crippen LogP contribution in [0.25, 0.3) is 4.25 Å². The molecule has 0 saturated heterocycles. The fourth-order valence-corrected chi connectivity index (χ4v) is 0.111. The van der Waals surface area contributed by atoms with Gasteiger partial charge >= 0.3 is 12.1 Å². The Labute approximate surface area is 39.2 Å². The van der Waals surface area contributed by atoms with E-state index >= 15 is 0 Å². The first-order valence-electron chi connectivity index (χ1n) is 1.02. The molecule has 0 fully saturated rings. The smallest absolute Gasteiger partial charge is 0.210 e. The highest BCUT2D eigenvalue weighted by molar-refractivity contribution is 8.00. The van der Waals surface area contributed by atoms with E-state index in [1.807, 2.05) is 0 Å². The lowest BCUT2D eigenvalue weighted by Crippen LogP contribution is -1.35. The highest BCUT2D eigenvalue weighted by atomic mass is 32.2. The average molecular weight is 100 g/mol. The lowest BCUT2D eigenvalue weighted by Gasteiger charge is -1.49. The molecule has 0 aromatic carbocycles. The van der Waals surface area contributed by atoms with Crippen LogP contribution in [0.3, 0.4) is 0 Å². The second kappa shape index (κ2) is 4.22. The van der Waals surface area contributed by atoms with E-state index in [9.17, 15) is 0 Å². The van der Waals surface area contributed by atoms with Crippen molar-refractivity contribution < 1.29 is 4.79 Å². The molecule has 0 atom stereocenters. The van der Waals surface area contributed by atoms with Crippen LogP contribution >= 0.6 is 12.1 Å². The molecule has 0 aliphatic rings. The fourth-order valence-electron chi connectivity index (χ4n) is 0.0371. The number of hydrogen-bond donors (Lipinski definition) is 0. The number of rotatable bonds is 1. The molecular formula is C2N2OS. The zero-order chi connectivity index (χ0) is 4.83. The topological polar surface area (TPSA) is 33.8 Å². The summed E-state index contributed by atoms with van der Waals surface area (Å²) in [5, 5.41) is 0. The van der Waals surface area contributed by atoms with Crippen LogP contribution in [-0.4, -0.2) is 6.08 Å². The Hall–Kier alpha value is -0.780. The van der Waals surface area contributed by atoms with Crippen LogP contribution in [0, 0.1) is 6.57 Å². The van der Waals surface area contributed by atoms with Gasteiger partial charge in [0, 0.05) is 0 Å². The zero-order valence-corrected chi connectivity index (χ0v) is 3.53. The molecule has 0 aromatic rings. The molecule has 0 aromatic heterocycles. The van der Waals surface area contributed by atoms with Crippen LogP contribution in [0.15, 0.2) is 4.40 Å². The van der Waals surface area contributed by atoms with Gasteiger partial charge in [-0.2, -0.15) is 0 Å². The van der Waals surface area contributed by atoms with Gasteiger partial charge in [0.05, 0.1) is 0 Å². The summed E-state index contributed by atoms with van der Waals surface area (Å²) in [6.45, 7) is 6.02. The average Bonchev–Trinajstić information content (AvgIpc) is 1.61. The van der Waals surface area contributed by atoms with Gasteiger partial charge in [0.25, 0.3) is 6.08 Å². The molecule has 0 rings (SSSR count). The molecule has 6 heavy (non-hydrogen) atoms. The standard InChI is InChI=1S/C2N2OS/c1-3-6-4-2-5. The first-order chi connectivity index (χ1) is 2.91. The molecule has 0 aliphatic carbocycles. The second-order valence-corrected chi connectivity index (χ2v) is 0.884. The minimum absolute atomic E-state index is 0.501. The van der Waals surface area contributed by atoms with Crippen molar-refractivity contribution in [3.63, 3.8) is 0 Å². The molecule has 0 saturated carbocycles. The number of hydrogen-bond acceptors (Lipinski definition) is 3. The van der Waals surface area contributed by atoms with E-state index in [0.717, 1.165) is 0 Å². The Morgan fingerprint density at radius 3 is 2.83 bits per heavy atom. The van der Waals surface area contributed by atoms with Crippen molar-refractivity contribution >= 4 is 18.2 Å². The van der Waals surface area contributed by atoms with Gasteiger partial charge in [-0.3, -0.25) is 0 Å². The first-order valence-corrected chi connectivity index (χ1v) is 1.75. The van der Waals surface area contributed by atoms with Crippen molar-refractivity contribution in [1.82, 2.24) is 0 Å². The van der Waals surface area contributed by atoms with Crippen molar-refractivity contribution in [1.29, 1.82) is 0 Å². The van der Waals surface area contributed by atoms with Gasteiger partial charge in [-0.05, 0) is 0 Å². The van der Waals surface area contributed by atoms with E-state index in [2.05, 4.69) is 8.65 Å². The predicted molar refractivity (Wildman–Crippen MR) is 22.3 cm³/mol. The van der Waals surface area contributed by atoms with Crippen LogP contribution in [0.4, 0.5) is 0 Å². The highest BCUT2D eigenvalue weighted by Gasteiger charge is 1.73. The van der Waals surface area contributed by atoms with Gasteiger partial charge in [0.15, 0.2) is 0 Å². The van der Waals surface area contributed by atoms with Crippen LogP contribution in [0.1, 0.15) is 0 Å². The summed E-state index contributed by atoms with van der Waals surface area (Å²) < 4.78 is 5.51. The molecule has 0 spiro atoms. The minimum atomic E-state index is 0.501. The molecule has 0 N–H and O–H groups in total. The van der Waals surface area contributed by atoms with Crippen molar-refractivity contribution in [2.75, 3.05) is 0 Å². The Morgan fingerprint density at radius 1 is 2.00 bits per heavy atom. The van der Waals surface area contributed by atoms with Gasteiger partial charge in [0.1, 0.15) is 0 Å². The third-order valence-corrected chi connectivity index (χ3v) is 0.357. The molecule has 3 nitrogen and oxygen atoms in total. The second-order valence-electron chi connectivity index (χ2n) is 0.356. The summed E-state index contributed by atoms with van der Waals surface area (Å²) in [4.78, 5) is 9.11. The Bertz CT molecular complexity index is 109. The number of nitrogens with zero attached hydrogens (tertiary/aromatic N) is 2. The summed E-state index contributed by atoms with van der Waals surface area (Å²) in [6.07, 6.45) is 1.19. The summed E-state index contributed by atoms with van der Waals surface area (Å²) in [6, 6.07) is 0. The maximum Gasteiger partial charge on any atom is 0.420 e. The van der Waals surface area contributed by atoms with E-state index in [1.165, 1.54) is 6.08 Å². The molecule has 0 amide bonds. The SMILES string of the molecule is [C-]#[N+]SN=C=O. The van der Waals surface area contributed by atoms with E-state index in [1.54, 1.807) is 0 Å². The largest absolute Gasteiger partial charge is 0.420 e. The summed E-state index contributed by atoms with van der Waals surface area (Å²) in [7, 11) is 0. The third kappa shape index (κ3) is 3.22. The highest BCUT2D eigenvalue weighted by Crippen LogP contribution is 1.97. The predicted octanol–water partition coefficient (Wildman–Crippen LogP) is 0.805. The van der Waals surface area contributed by atoms with Crippen molar-refractivity contribution in [3.8, 4) is 0 Å². The maximum atomic E-state index is 9.11. The number of carbonyl (C=O) groups excluding carboxylic acids is 1. The first kappa shape index (κ1) is 5.22. The molecule has 0 heterocycles. The van der Waals surface area contributed by atoms with Crippen LogP contribution < -0.4 is 0 Å². The third-order valence-electron chi connectivity index (χ3n) is 0.119. The molecule has 4 heteroatoms. The molecule has 0 radical (unpaired) electrons. The molecule has 0 bridgehead atoms. The Balaban J connectivity index is 3.16. The van der Waals surface area contributed by atoms with Crippen LogP contribution in [-0.2, 0) is 4.79 Å². The number of isocyanates is 1. The minimum Gasteiger partial charge on any atom is -0.210 e. The quantitative estimate of drug-likeness (QED) is 0.211. The lowest BCUT2D eigenvalue weighted by molar-refractivity contribution is 0.566. The van der Waals surface area contributed by atoms with Crippen molar-refractivity contribution in [2.24, 2.45) is 4.40 Å². The lowest BCUT2D eigenvalue weighted by atomic mass is 11.7. The van der Waals surface area contributed by atoms with Crippen LogP contribution in [0.5, 0.6) is 0 Å². The van der Waals surface area contributed by atoms with Gasteiger partial charge in [0.2, 0.25) is 0 Å². The van der Waals surface area contributed by atoms with Crippen molar-refractivity contribution in [2.45, 2.75) is 0 Å². The Kier molecular flexibility index (Phi) is 3.67. The van der Waals surface area contributed by atoms with Gasteiger partial charge in [-0.15, -0.1) is 0 Å².